The highest BCUT2D eigenvalue weighted by atomic mass is 16.5. The number of amides is 1. The molecule has 4 nitrogen and oxygen atoms in total. The molecule has 118 valence electrons. The molecule has 1 rings (SSSR count). The summed E-state index contributed by atoms with van der Waals surface area (Å²) in [5.74, 6) is 0.622. The third-order valence-corrected chi connectivity index (χ3v) is 3.19. The molecular formula is C17H27NO3. The van der Waals surface area contributed by atoms with Gasteiger partial charge in [-0.3, -0.25) is 4.79 Å². The number of benzene rings is 1. The van der Waals surface area contributed by atoms with Gasteiger partial charge in [-0.05, 0) is 49.9 Å². The number of hydrogen-bond donors (Lipinski definition) is 2. The Balaban J connectivity index is 2.45. The first-order valence-corrected chi connectivity index (χ1v) is 7.43. The maximum Gasteiger partial charge on any atom is 0.251 e. The van der Waals surface area contributed by atoms with Gasteiger partial charge in [-0.2, -0.15) is 0 Å². The predicted octanol–water partition coefficient (Wildman–Crippen LogP) is 3.00. The van der Waals surface area contributed by atoms with E-state index in [2.05, 4.69) is 5.32 Å². The van der Waals surface area contributed by atoms with Crippen LogP contribution in [0.1, 0.15) is 51.4 Å². The zero-order valence-corrected chi connectivity index (χ0v) is 13.6. The Morgan fingerprint density at radius 3 is 2.29 bits per heavy atom. The van der Waals surface area contributed by atoms with E-state index in [9.17, 15) is 9.90 Å². The number of aliphatic hydroxyl groups is 1. The minimum absolute atomic E-state index is 0.114. The molecule has 2 N–H and O–H groups in total. The van der Waals surface area contributed by atoms with E-state index in [1.807, 2.05) is 34.6 Å². The second kappa shape index (κ2) is 7.46. The van der Waals surface area contributed by atoms with E-state index in [1.54, 1.807) is 24.3 Å². The van der Waals surface area contributed by atoms with Crippen LogP contribution in [0.25, 0.3) is 0 Å². The normalized spacial score (nSPS) is 13.1. The average molecular weight is 293 g/mol. The molecule has 0 bridgehead atoms. The maximum atomic E-state index is 12.0. The molecule has 0 radical (unpaired) electrons. The summed E-state index contributed by atoms with van der Waals surface area (Å²) in [4.78, 5) is 12.0. The Morgan fingerprint density at radius 2 is 1.81 bits per heavy atom. The Labute approximate surface area is 127 Å². The van der Waals surface area contributed by atoms with E-state index >= 15 is 0 Å². The van der Waals surface area contributed by atoms with Crippen LogP contribution in [0.15, 0.2) is 24.3 Å². The van der Waals surface area contributed by atoms with Gasteiger partial charge >= 0.3 is 0 Å². The van der Waals surface area contributed by atoms with Gasteiger partial charge in [0.1, 0.15) is 5.75 Å². The molecule has 0 saturated carbocycles. The first kappa shape index (κ1) is 17.5. The van der Waals surface area contributed by atoms with Crippen LogP contribution >= 0.6 is 0 Å². The number of rotatable bonds is 6. The molecule has 1 aromatic carbocycles. The highest BCUT2D eigenvalue weighted by molar-refractivity contribution is 5.94. The summed E-state index contributed by atoms with van der Waals surface area (Å²) < 4.78 is 5.53. The lowest BCUT2D eigenvalue weighted by molar-refractivity contribution is 0.0551. The quantitative estimate of drug-likeness (QED) is 0.847. The maximum absolute atomic E-state index is 12.0. The van der Waals surface area contributed by atoms with Crippen LogP contribution in [-0.2, 0) is 0 Å². The molecule has 0 saturated heterocycles. The van der Waals surface area contributed by atoms with Crippen molar-refractivity contribution < 1.29 is 14.6 Å². The molecule has 21 heavy (non-hydrogen) atoms. The zero-order chi connectivity index (χ0) is 16.0. The van der Waals surface area contributed by atoms with Crippen LogP contribution in [0.2, 0.25) is 0 Å². The summed E-state index contributed by atoms with van der Waals surface area (Å²) >= 11 is 0. The van der Waals surface area contributed by atoms with Crippen LogP contribution in [-0.4, -0.2) is 29.8 Å². The van der Waals surface area contributed by atoms with Gasteiger partial charge in [-0.25, -0.2) is 0 Å². The Hall–Kier alpha value is -1.55. The van der Waals surface area contributed by atoms with E-state index < -0.39 is 6.10 Å². The van der Waals surface area contributed by atoms with Gasteiger partial charge in [0.05, 0.1) is 12.2 Å². The fraction of sp³-hybridized carbons (Fsp3) is 0.588. The topological polar surface area (TPSA) is 58.6 Å². The Morgan fingerprint density at radius 1 is 1.24 bits per heavy atom. The summed E-state index contributed by atoms with van der Waals surface area (Å²) in [5.41, 5.74) is 0.428. The standard InChI is InChI=1S/C17H27NO3/c1-12(2)21-14-8-6-13(7-9-14)16(20)18-11-10-15(19)17(3,4)5/h6-9,12,15,19H,10-11H2,1-5H3,(H,18,20). The number of nitrogens with one attached hydrogen (secondary N) is 1. The van der Waals surface area contributed by atoms with E-state index in [0.717, 1.165) is 5.75 Å². The van der Waals surface area contributed by atoms with Crippen molar-refractivity contribution in [2.75, 3.05) is 6.54 Å². The number of hydrogen-bond acceptors (Lipinski definition) is 3. The summed E-state index contributed by atoms with van der Waals surface area (Å²) in [6, 6.07) is 7.07. The second-order valence-corrected chi connectivity index (χ2v) is 6.62. The highest BCUT2D eigenvalue weighted by Crippen LogP contribution is 2.21. The van der Waals surface area contributed by atoms with Crippen molar-refractivity contribution in [3.05, 3.63) is 29.8 Å². The molecule has 1 atom stereocenters. The Bertz CT molecular complexity index is 446. The SMILES string of the molecule is CC(C)Oc1ccc(C(=O)NCCC(O)C(C)(C)C)cc1. The number of carbonyl (C=O) groups is 1. The van der Waals surface area contributed by atoms with Gasteiger partial charge in [0.25, 0.3) is 5.91 Å². The van der Waals surface area contributed by atoms with Gasteiger partial charge in [0.15, 0.2) is 0 Å². The van der Waals surface area contributed by atoms with Crippen molar-refractivity contribution in [3.63, 3.8) is 0 Å². The van der Waals surface area contributed by atoms with Crippen LogP contribution in [0.3, 0.4) is 0 Å². The van der Waals surface area contributed by atoms with Gasteiger partial charge in [0, 0.05) is 12.1 Å². The molecule has 0 aromatic heterocycles. The number of aliphatic hydroxyl groups excluding tert-OH is 1. The van der Waals surface area contributed by atoms with E-state index in [1.165, 1.54) is 0 Å². The first-order chi connectivity index (χ1) is 9.70. The molecule has 0 aliphatic carbocycles. The van der Waals surface area contributed by atoms with Gasteiger partial charge in [0.2, 0.25) is 0 Å². The molecule has 0 spiro atoms. The Kier molecular flexibility index (Phi) is 6.21. The molecule has 1 amide bonds. The van der Waals surface area contributed by atoms with Gasteiger partial charge in [-0.15, -0.1) is 0 Å². The van der Waals surface area contributed by atoms with E-state index in [-0.39, 0.29) is 17.4 Å². The molecule has 0 heterocycles. The minimum atomic E-state index is -0.431. The summed E-state index contributed by atoms with van der Waals surface area (Å²) in [6.45, 7) is 10.3. The molecule has 1 unspecified atom stereocenters. The van der Waals surface area contributed by atoms with Gasteiger partial charge < -0.3 is 15.2 Å². The molecule has 1 aromatic rings. The summed E-state index contributed by atoms with van der Waals surface area (Å²) in [6.07, 6.45) is 0.229. The lowest BCUT2D eigenvalue weighted by Crippen LogP contribution is -2.32. The fourth-order valence-electron chi connectivity index (χ4n) is 1.81. The molecular weight excluding hydrogens is 266 g/mol. The van der Waals surface area contributed by atoms with E-state index in [0.29, 0.717) is 18.5 Å². The lowest BCUT2D eigenvalue weighted by Gasteiger charge is -2.25. The van der Waals surface area contributed by atoms with Crippen molar-refractivity contribution in [3.8, 4) is 5.75 Å². The number of ether oxygens (including phenoxy) is 1. The largest absolute Gasteiger partial charge is 0.491 e. The third-order valence-electron chi connectivity index (χ3n) is 3.19. The van der Waals surface area contributed by atoms with Crippen LogP contribution < -0.4 is 10.1 Å². The molecule has 0 fully saturated rings. The minimum Gasteiger partial charge on any atom is -0.491 e. The third kappa shape index (κ3) is 6.17. The lowest BCUT2D eigenvalue weighted by atomic mass is 9.87. The van der Waals surface area contributed by atoms with Crippen molar-refractivity contribution in [2.45, 2.75) is 53.2 Å². The highest BCUT2D eigenvalue weighted by Gasteiger charge is 2.21. The molecule has 0 aliphatic heterocycles. The summed E-state index contributed by atoms with van der Waals surface area (Å²) in [7, 11) is 0. The van der Waals surface area contributed by atoms with Crippen molar-refractivity contribution in [1.82, 2.24) is 5.32 Å². The predicted molar refractivity (Wildman–Crippen MR) is 84.6 cm³/mol. The molecule has 4 heteroatoms. The smallest absolute Gasteiger partial charge is 0.251 e. The number of carbonyl (C=O) groups excluding carboxylic acids is 1. The van der Waals surface area contributed by atoms with Crippen molar-refractivity contribution in [2.24, 2.45) is 5.41 Å². The zero-order valence-electron chi connectivity index (χ0n) is 13.6. The monoisotopic (exact) mass is 293 g/mol. The van der Waals surface area contributed by atoms with Crippen molar-refractivity contribution >= 4 is 5.91 Å². The van der Waals surface area contributed by atoms with Crippen LogP contribution in [0.4, 0.5) is 0 Å². The fourth-order valence-corrected chi connectivity index (χ4v) is 1.81. The summed E-state index contributed by atoms with van der Waals surface area (Å²) in [5, 5.41) is 12.7. The van der Waals surface area contributed by atoms with Crippen LogP contribution in [0.5, 0.6) is 5.75 Å². The van der Waals surface area contributed by atoms with Crippen LogP contribution in [0, 0.1) is 5.41 Å². The average Bonchev–Trinajstić information content (AvgIpc) is 2.37. The first-order valence-electron chi connectivity index (χ1n) is 7.43. The van der Waals surface area contributed by atoms with E-state index in [4.69, 9.17) is 4.74 Å². The van der Waals surface area contributed by atoms with Gasteiger partial charge in [-0.1, -0.05) is 20.8 Å². The van der Waals surface area contributed by atoms with Crippen molar-refractivity contribution in [1.29, 1.82) is 0 Å². The second-order valence-electron chi connectivity index (χ2n) is 6.62. The molecule has 0 aliphatic rings.